The minimum atomic E-state index is -1.67. The zero-order valence-electron chi connectivity index (χ0n) is 19.1. The van der Waals surface area contributed by atoms with E-state index in [2.05, 4.69) is 15.1 Å². The van der Waals surface area contributed by atoms with Gasteiger partial charge in [-0.3, -0.25) is 13.3 Å². The fourth-order valence-corrected chi connectivity index (χ4v) is 4.44. The highest BCUT2D eigenvalue weighted by Gasteiger charge is 2.23. The van der Waals surface area contributed by atoms with Crippen molar-refractivity contribution in [3.8, 4) is 11.6 Å². The summed E-state index contributed by atoms with van der Waals surface area (Å²) in [5.74, 6) is 0.823. The Bertz CT molecular complexity index is 1570. The number of nitrogen functional groups attached to an aromatic ring is 1. The molecule has 4 heterocycles. The zero-order chi connectivity index (χ0) is 24.5. The van der Waals surface area contributed by atoms with E-state index < -0.39 is 11.1 Å². The summed E-state index contributed by atoms with van der Waals surface area (Å²) in [6.45, 7) is 2.62. The van der Waals surface area contributed by atoms with Gasteiger partial charge in [-0.05, 0) is 31.2 Å². The first-order valence-electron chi connectivity index (χ1n) is 10.8. The van der Waals surface area contributed by atoms with Crippen molar-refractivity contribution < 1.29 is 17.5 Å². The van der Waals surface area contributed by atoms with Crippen LogP contribution < -0.4 is 11.4 Å². The standard InChI is InChI=1S/C22H23N7O5S/c1-14-5-7-15(8-6-14)35(31)34-13-10-28-19-17(27(22(28)30)9-12-32-2)20-24-18(16-4-3-11-33-16)26-29(20)21(23)25-19/h3-8,11H,9-10,12-13H2,1-2H3,(H2,23,25). The maximum Gasteiger partial charge on any atom is 0.330 e. The summed E-state index contributed by atoms with van der Waals surface area (Å²) in [5.41, 5.74) is 8.01. The van der Waals surface area contributed by atoms with Gasteiger partial charge in [0.1, 0.15) is 5.52 Å². The number of aromatic nitrogens is 6. The first-order valence-corrected chi connectivity index (χ1v) is 11.8. The van der Waals surface area contributed by atoms with Crippen molar-refractivity contribution in [2.45, 2.75) is 24.9 Å². The van der Waals surface area contributed by atoms with Crippen LogP contribution >= 0.6 is 0 Å². The summed E-state index contributed by atoms with van der Waals surface area (Å²) < 4.78 is 32.9. The Morgan fingerprint density at radius 3 is 2.54 bits per heavy atom. The summed E-state index contributed by atoms with van der Waals surface area (Å²) in [4.78, 5) is 22.9. The molecule has 0 aliphatic rings. The minimum Gasteiger partial charge on any atom is -0.461 e. The van der Waals surface area contributed by atoms with E-state index >= 15 is 0 Å². The molecule has 0 spiro atoms. The lowest BCUT2D eigenvalue weighted by Gasteiger charge is -2.05. The normalized spacial score (nSPS) is 12.6. The van der Waals surface area contributed by atoms with Crippen LogP contribution in [0.5, 0.6) is 0 Å². The van der Waals surface area contributed by atoms with Crippen LogP contribution in [0.15, 0.2) is 56.8 Å². The van der Waals surface area contributed by atoms with Gasteiger partial charge in [0, 0.05) is 7.11 Å². The number of hydrogen-bond acceptors (Lipinski definition) is 9. The highest BCUT2D eigenvalue weighted by Crippen LogP contribution is 2.23. The van der Waals surface area contributed by atoms with E-state index in [1.165, 1.54) is 19.9 Å². The highest BCUT2D eigenvalue weighted by molar-refractivity contribution is 7.80. The predicted octanol–water partition coefficient (Wildman–Crippen LogP) is 1.78. The Hall–Kier alpha value is -3.81. The lowest BCUT2D eigenvalue weighted by Crippen LogP contribution is -2.27. The van der Waals surface area contributed by atoms with Crippen LogP contribution in [-0.2, 0) is 33.1 Å². The van der Waals surface area contributed by atoms with Gasteiger partial charge in [0.25, 0.3) is 0 Å². The number of aryl methyl sites for hydroxylation is 1. The quantitative estimate of drug-likeness (QED) is 0.322. The zero-order valence-corrected chi connectivity index (χ0v) is 19.9. The van der Waals surface area contributed by atoms with Gasteiger partial charge in [0.2, 0.25) is 11.8 Å². The number of furan rings is 1. The van der Waals surface area contributed by atoms with Crippen LogP contribution in [0.4, 0.5) is 5.95 Å². The summed E-state index contributed by atoms with van der Waals surface area (Å²) in [6.07, 6.45) is 1.52. The number of nitrogens with zero attached hydrogens (tertiary/aromatic N) is 6. The van der Waals surface area contributed by atoms with Crippen molar-refractivity contribution in [2.24, 2.45) is 0 Å². The van der Waals surface area contributed by atoms with Gasteiger partial charge >= 0.3 is 5.69 Å². The second kappa shape index (κ2) is 9.44. The molecule has 2 N–H and O–H groups in total. The molecule has 1 atom stereocenters. The molecule has 0 saturated heterocycles. The van der Waals surface area contributed by atoms with Gasteiger partial charge in [-0.1, -0.05) is 17.7 Å². The summed E-state index contributed by atoms with van der Waals surface area (Å²) in [7, 11) is 1.55. The minimum absolute atomic E-state index is 0.0148. The van der Waals surface area contributed by atoms with Crippen molar-refractivity contribution in [1.82, 2.24) is 28.7 Å². The maximum atomic E-state index is 13.4. The predicted molar refractivity (Wildman–Crippen MR) is 128 cm³/mol. The number of fused-ring (bicyclic) bond motifs is 3. The van der Waals surface area contributed by atoms with Gasteiger partial charge in [0.05, 0.1) is 37.5 Å². The van der Waals surface area contributed by atoms with E-state index in [4.69, 9.17) is 19.1 Å². The van der Waals surface area contributed by atoms with E-state index in [1.54, 1.807) is 31.4 Å². The molecule has 0 fully saturated rings. The Morgan fingerprint density at radius 1 is 1.06 bits per heavy atom. The molecule has 1 unspecified atom stereocenters. The third-order valence-electron chi connectivity index (χ3n) is 5.43. The average molecular weight is 498 g/mol. The Balaban J connectivity index is 1.53. The fraction of sp³-hybridized carbons (Fsp3) is 0.273. The van der Waals surface area contributed by atoms with Gasteiger partial charge < -0.3 is 14.9 Å². The number of hydrogen-bond donors (Lipinski definition) is 1. The molecule has 1 aromatic carbocycles. The molecular weight excluding hydrogens is 474 g/mol. The molecule has 12 nitrogen and oxygen atoms in total. The third kappa shape index (κ3) is 4.24. The molecule has 0 aliphatic heterocycles. The van der Waals surface area contributed by atoms with Crippen molar-refractivity contribution in [3.05, 3.63) is 58.7 Å². The first kappa shape index (κ1) is 23.0. The molecule has 4 aromatic heterocycles. The SMILES string of the molecule is COCCn1c(=O)n(CCOS(=O)c2ccc(C)cc2)c2nc(N)n3nc(-c4ccco4)nc3c21. The summed E-state index contributed by atoms with van der Waals surface area (Å²) in [5, 5.41) is 4.39. The number of benzene rings is 1. The molecule has 0 radical (unpaired) electrons. The Labute approximate surface area is 201 Å². The molecule has 182 valence electrons. The van der Waals surface area contributed by atoms with E-state index in [-0.39, 0.29) is 31.3 Å². The number of rotatable bonds is 9. The largest absolute Gasteiger partial charge is 0.461 e. The number of nitrogens with two attached hydrogens (primary N) is 1. The number of methoxy groups -OCH3 is 1. The summed E-state index contributed by atoms with van der Waals surface area (Å²) in [6, 6.07) is 10.7. The van der Waals surface area contributed by atoms with Crippen LogP contribution in [-0.4, -0.2) is 53.2 Å². The van der Waals surface area contributed by atoms with E-state index in [1.807, 2.05) is 19.1 Å². The molecule has 0 amide bonds. The van der Waals surface area contributed by atoms with Crippen LogP contribution in [0.2, 0.25) is 0 Å². The average Bonchev–Trinajstić information content (AvgIpc) is 3.58. The number of imidazole rings is 1. The van der Waals surface area contributed by atoms with E-state index in [0.29, 0.717) is 39.9 Å². The molecule has 0 aliphatic carbocycles. The molecule has 5 aromatic rings. The van der Waals surface area contributed by atoms with Gasteiger partial charge in [-0.15, -0.1) is 5.10 Å². The van der Waals surface area contributed by atoms with Crippen LogP contribution in [0, 0.1) is 6.92 Å². The van der Waals surface area contributed by atoms with Crippen molar-refractivity contribution >= 4 is 33.8 Å². The van der Waals surface area contributed by atoms with E-state index in [0.717, 1.165) is 5.56 Å². The van der Waals surface area contributed by atoms with E-state index in [9.17, 15) is 9.00 Å². The topological polar surface area (TPSA) is 145 Å². The van der Waals surface area contributed by atoms with Gasteiger partial charge in [-0.2, -0.15) is 9.50 Å². The second-order valence-electron chi connectivity index (χ2n) is 7.74. The van der Waals surface area contributed by atoms with Crippen molar-refractivity contribution in [3.63, 3.8) is 0 Å². The third-order valence-corrected chi connectivity index (χ3v) is 6.47. The smallest absolute Gasteiger partial charge is 0.330 e. The van der Waals surface area contributed by atoms with Crippen molar-refractivity contribution in [2.75, 3.05) is 26.1 Å². The second-order valence-corrected chi connectivity index (χ2v) is 8.92. The fourth-order valence-electron chi connectivity index (χ4n) is 3.72. The van der Waals surface area contributed by atoms with Crippen LogP contribution in [0.25, 0.3) is 28.4 Å². The molecule has 5 rings (SSSR count). The monoisotopic (exact) mass is 497 g/mol. The molecule has 35 heavy (non-hydrogen) atoms. The Morgan fingerprint density at radius 2 is 1.83 bits per heavy atom. The maximum absolute atomic E-state index is 13.4. The van der Waals surface area contributed by atoms with Crippen LogP contribution in [0.1, 0.15) is 5.56 Å². The number of anilines is 1. The highest BCUT2D eigenvalue weighted by atomic mass is 32.2. The van der Waals surface area contributed by atoms with Crippen molar-refractivity contribution in [1.29, 1.82) is 0 Å². The van der Waals surface area contributed by atoms with Gasteiger partial charge in [0.15, 0.2) is 28.1 Å². The number of ether oxygens (including phenoxy) is 1. The molecule has 13 heteroatoms. The molecular formula is C22H23N7O5S. The lowest BCUT2D eigenvalue weighted by molar-refractivity contribution is 0.187. The Kier molecular flexibility index (Phi) is 6.19. The summed E-state index contributed by atoms with van der Waals surface area (Å²) >= 11 is -1.67. The first-order chi connectivity index (χ1) is 17.0. The lowest BCUT2D eigenvalue weighted by atomic mass is 10.2. The van der Waals surface area contributed by atoms with Gasteiger partial charge in [-0.25, -0.2) is 14.0 Å². The molecule has 0 saturated carbocycles. The van der Waals surface area contributed by atoms with Crippen LogP contribution in [0.3, 0.4) is 0 Å². The molecule has 0 bridgehead atoms.